The van der Waals surface area contributed by atoms with Gasteiger partial charge in [-0.3, -0.25) is 4.79 Å². The average molecular weight is 476 g/mol. The summed E-state index contributed by atoms with van der Waals surface area (Å²) in [5.74, 6) is 1.52. The lowest BCUT2D eigenvalue weighted by molar-refractivity contribution is 0.184. The first kappa shape index (κ1) is 24.0. The van der Waals surface area contributed by atoms with Crippen LogP contribution in [0.25, 0.3) is 21.8 Å². The third kappa shape index (κ3) is 4.24. The van der Waals surface area contributed by atoms with Crippen molar-refractivity contribution in [2.45, 2.75) is 45.5 Å². The fourth-order valence-electron chi connectivity index (χ4n) is 4.64. The lowest BCUT2D eigenvalue weighted by Gasteiger charge is -2.30. The highest BCUT2D eigenvalue weighted by Crippen LogP contribution is 2.42. The summed E-state index contributed by atoms with van der Waals surface area (Å²) >= 11 is 0. The number of pyridine rings is 1. The molecule has 4 aromatic rings. The Morgan fingerprint density at radius 2 is 1.29 bits per heavy atom. The number of aromatic nitrogens is 1. The van der Waals surface area contributed by atoms with E-state index >= 15 is 0 Å². The quantitative estimate of drug-likeness (QED) is 0.253. The third-order valence-corrected chi connectivity index (χ3v) is 6.82. The minimum atomic E-state index is -1.52. The molecule has 5 nitrogen and oxygen atoms in total. The lowest BCUT2D eigenvalue weighted by atomic mass is 9.84. The van der Waals surface area contributed by atoms with Crippen molar-refractivity contribution in [1.82, 2.24) is 4.57 Å². The van der Waals surface area contributed by atoms with Gasteiger partial charge in [-0.15, -0.1) is 0 Å². The Morgan fingerprint density at radius 3 is 1.71 bits per heavy atom. The number of hydrogen-bond donors (Lipinski definition) is 0. The van der Waals surface area contributed by atoms with Gasteiger partial charge in [0.15, 0.2) is 20.7 Å². The molecule has 0 aliphatic heterocycles. The van der Waals surface area contributed by atoms with Crippen LogP contribution in [-0.2, 0) is 9.84 Å². The second-order valence-corrected chi connectivity index (χ2v) is 12.2. The molecule has 0 N–H and O–H groups in total. The van der Waals surface area contributed by atoms with Gasteiger partial charge in [-0.25, -0.2) is 0 Å². The standard InChI is InChI=1S/C28H33NO4Si/c1-28(2,3)25-23(31-4)16-18(17-24(25)32-5)27(33-34(6)7)29-21-14-10-8-12-19(21)26(30)20-13-9-11-15-22(20)29/h8-17,27,34H,1-7H3. The second-order valence-electron chi connectivity index (χ2n) is 9.82. The number of para-hydroxylation sites is 2. The van der Waals surface area contributed by atoms with Gasteiger partial charge in [-0.05, 0) is 54.9 Å². The van der Waals surface area contributed by atoms with E-state index in [2.05, 4.69) is 38.4 Å². The van der Waals surface area contributed by atoms with Crippen LogP contribution in [0.1, 0.15) is 38.1 Å². The van der Waals surface area contributed by atoms with Crippen LogP contribution in [0.5, 0.6) is 11.5 Å². The van der Waals surface area contributed by atoms with Crippen LogP contribution in [-0.4, -0.2) is 27.8 Å². The van der Waals surface area contributed by atoms with Gasteiger partial charge >= 0.3 is 0 Å². The summed E-state index contributed by atoms with van der Waals surface area (Å²) in [6, 6.07) is 19.6. The molecule has 178 valence electrons. The molecule has 0 spiro atoms. The van der Waals surface area contributed by atoms with Crippen LogP contribution >= 0.6 is 0 Å². The second kappa shape index (κ2) is 9.28. The lowest BCUT2D eigenvalue weighted by Crippen LogP contribution is -2.24. The number of hydrogen-bond acceptors (Lipinski definition) is 4. The van der Waals surface area contributed by atoms with Gasteiger partial charge in [0.25, 0.3) is 0 Å². The summed E-state index contributed by atoms with van der Waals surface area (Å²) in [6.45, 7) is 10.7. The fourth-order valence-corrected chi connectivity index (χ4v) is 5.43. The maximum Gasteiger partial charge on any atom is 0.197 e. The van der Waals surface area contributed by atoms with E-state index in [1.165, 1.54) is 0 Å². The number of rotatable bonds is 6. The number of ether oxygens (including phenoxy) is 2. The number of fused-ring (bicyclic) bond motifs is 2. The van der Waals surface area contributed by atoms with Crippen molar-refractivity contribution in [3.63, 3.8) is 0 Å². The minimum absolute atomic E-state index is 0.0289. The van der Waals surface area contributed by atoms with Crippen LogP contribution < -0.4 is 14.9 Å². The summed E-state index contributed by atoms with van der Waals surface area (Å²) in [5, 5.41) is 1.34. The van der Waals surface area contributed by atoms with Crippen LogP contribution in [0, 0.1) is 0 Å². The molecule has 0 bridgehead atoms. The van der Waals surface area contributed by atoms with Gasteiger partial charge in [0.1, 0.15) is 11.5 Å². The van der Waals surface area contributed by atoms with Gasteiger partial charge in [-0.2, -0.15) is 0 Å². The minimum Gasteiger partial charge on any atom is -0.496 e. The van der Waals surface area contributed by atoms with Gasteiger partial charge < -0.3 is 18.5 Å². The van der Waals surface area contributed by atoms with Crippen molar-refractivity contribution in [1.29, 1.82) is 0 Å². The van der Waals surface area contributed by atoms with Gasteiger partial charge in [-0.1, -0.05) is 45.0 Å². The van der Waals surface area contributed by atoms with E-state index in [0.717, 1.165) is 33.7 Å². The summed E-state index contributed by atoms with van der Waals surface area (Å²) in [6.07, 6.45) is -0.445. The average Bonchev–Trinajstić information content (AvgIpc) is 2.81. The SMILES string of the molecule is COc1cc(C(O[SiH](C)C)n2c3ccccc3c(=O)c3ccccc32)cc(OC)c1C(C)(C)C. The summed E-state index contributed by atoms with van der Waals surface area (Å²) in [4.78, 5) is 13.3. The summed E-state index contributed by atoms with van der Waals surface area (Å²) in [7, 11) is 1.85. The molecule has 1 atom stereocenters. The van der Waals surface area contributed by atoms with E-state index < -0.39 is 15.3 Å². The van der Waals surface area contributed by atoms with E-state index in [1.54, 1.807) is 14.2 Å². The summed E-state index contributed by atoms with van der Waals surface area (Å²) < 4.78 is 20.5. The van der Waals surface area contributed by atoms with Crippen LogP contribution in [0.2, 0.25) is 13.1 Å². The molecule has 34 heavy (non-hydrogen) atoms. The molecule has 1 aromatic heterocycles. The number of methoxy groups -OCH3 is 2. The molecule has 6 heteroatoms. The smallest absolute Gasteiger partial charge is 0.197 e. The molecule has 1 unspecified atom stereocenters. The molecule has 1 heterocycles. The van der Waals surface area contributed by atoms with Crippen molar-refractivity contribution >= 4 is 30.8 Å². The van der Waals surface area contributed by atoms with E-state index in [1.807, 2.05) is 60.7 Å². The largest absolute Gasteiger partial charge is 0.496 e. The van der Waals surface area contributed by atoms with Crippen molar-refractivity contribution in [2.75, 3.05) is 14.2 Å². The van der Waals surface area contributed by atoms with Crippen molar-refractivity contribution < 1.29 is 13.9 Å². The monoisotopic (exact) mass is 475 g/mol. The highest BCUT2D eigenvalue weighted by molar-refractivity contribution is 6.48. The van der Waals surface area contributed by atoms with Crippen LogP contribution in [0.15, 0.2) is 65.5 Å². The predicted octanol–water partition coefficient (Wildman–Crippen LogP) is 6.02. The zero-order valence-electron chi connectivity index (χ0n) is 21.0. The molecule has 0 aliphatic rings. The Balaban J connectivity index is 2.11. The highest BCUT2D eigenvalue weighted by Gasteiger charge is 2.28. The van der Waals surface area contributed by atoms with Gasteiger partial charge in [0, 0.05) is 21.9 Å². The Morgan fingerprint density at radius 1 is 0.824 bits per heavy atom. The van der Waals surface area contributed by atoms with E-state index in [0.29, 0.717) is 10.8 Å². The van der Waals surface area contributed by atoms with Gasteiger partial charge in [0.05, 0.1) is 25.3 Å². The maximum absolute atomic E-state index is 13.3. The Kier molecular flexibility index (Phi) is 6.56. The fraction of sp³-hybridized carbons (Fsp3) is 0.321. The Labute approximate surface area is 202 Å². The highest BCUT2D eigenvalue weighted by atomic mass is 28.3. The number of benzene rings is 3. The van der Waals surface area contributed by atoms with E-state index in [4.69, 9.17) is 13.9 Å². The zero-order chi connectivity index (χ0) is 24.6. The molecule has 0 saturated heterocycles. The molecule has 0 amide bonds. The molecule has 4 rings (SSSR count). The summed E-state index contributed by atoms with van der Waals surface area (Å²) in [5.41, 5.74) is 3.46. The van der Waals surface area contributed by atoms with Crippen molar-refractivity contribution in [3.8, 4) is 11.5 Å². The third-order valence-electron chi connectivity index (χ3n) is 6.02. The molecule has 0 fully saturated rings. The molecular formula is C28H33NO4Si. The van der Waals surface area contributed by atoms with Crippen LogP contribution in [0.4, 0.5) is 0 Å². The molecular weight excluding hydrogens is 442 g/mol. The van der Waals surface area contributed by atoms with Crippen molar-refractivity contribution in [3.05, 3.63) is 82.0 Å². The normalized spacial score (nSPS) is 12.9. The Hall–Kier alpha value is -3.09. The molecule has 0 saturated carbocycles. The van der Waals surface area contributed by atoms with Gasteiger partial charge in [0.2, 0.25) is 0 Å². The molecule has 3 aromatic carbocycles. The maximum atomic E-state index is 13.3. The molecule has 0 aliphatic carbocycles. The number of nitrogens with zero attached hydrogens (tertiary/aromatic N) is 1. The first-order valence-electron chi connectivity index (χ1n) is 11.6. The predicted molar refractivity (Wildman–Crippen MR) is 142 cm³/mol. The molecule has 0 radical (unpaired) electrons. The van der Waals surface area contributed by atoms with E-state index in [-0.39, 0.29) is 10.8 Å². The topological polar surface area (TPSA) is 49.7 Å². The van der Waals surface area contributed by atoms with Crippen LogP contribution in [0.3, 0.4) is 0 Å². The van der Waals surface area contributed by atoms with Crippen molar-refractivity contribution in [2.24, 2.45) is 0 Å². The first-order valence-corrected chi connectivity index (χ1v) is 14.4. The Bertz CT molecular complexity index is 1320. The van der Waals surface area contributed by atoms with E-state index in [9.17, 15) is 4.79 Å². The zero-order valence-corrected chi connectivity index (χ0v) is 22.2. The first-order chi connectivity index (χ1) is 16.2.